The van der Waals surface area contributed by atoms with Crippen molar-refractivity contribution in [1.29, 1.82) is 0 Å². The van der Waals surface area contributed by atoms with Gasteiger partial charge in [0, 0.05) is 6.04 Å². The zero-order valence-electron chi connectivity index (χ0n) is 11.9. The van der Waals surface area contributed by atoms with Crippen molar-refractivity contribution in [2.45, 2.75) is 44.8 Å². The molecule has 106 valence electrons. The molecule has 1 aliphatic rings. The molecule has 1 heterocycles. The minimum atomic E-state index is 0.286. The van der Waals surface area contributed by atoms with Gasteiger partial charge in [-0.25, -0.2) is 4.98 Å². The van der Waals surface area contributed by atoms with E-state index in [1.807, 2.05) is 4.68 Å². The molecule has 0 spiro atoms. The van der Waals surface area contributed by atoms with Gasteiger partial charge in [-0.1, -0.05) is 36.8 Å². The lowest BCUT2D eigenvalue weighted by Crippen LogP contribution is -2.40. The van der Waals surface area contributed by atoms with Crippen LogP contribution in [0.15, 0.2) is 43.0 Å². The first kappa shape index (κ1) is 13.3. The highest BCUT2D eigenvalue weighted by atomic mass is 15.3. The summed E-state index contributed by atoms with van der Waals surface area (Å²) in [5.74, 6) is 0.831. The van der Waals surface area contributed by atoms with Gasteiger partial charge in [0.25, 0.3) is 0 Å². The summed E-state index contributed by atoms with van der Waals surface area (Å²) in [7, 11) is 0. The Morgan fingerprint density at radius 2 is 2.10 bits per heavy atom. The number of rotatable bonds is 6. The summed E-state index contributed by atoms with van der Waals surface area (Å²) in [5, 5.41) is 8.02. The molecule has 1 aromatic carbocycles. The highest BCUT2D eigenvalue weighted by Gasteiger charge is 2.26. The van der Waals surface area contributed by atoms with E-state index < -0.39 is 0 Å². The minimum Gasteiger partial charge on any atom is -0.306 e. The maximum Gasteiger partial charge on any atom is 0.137 e. The lowest BCUT2D eigenvalue weighted by Gasteiger charge is -2.35. The normalized spacial score (nSPS) is 18.4. The number of benzene rings is 1. The Morgan fingerprint density at radius 3 is 2.70 bits per heavy atom. The van der Waals surface area contributed by atoms with Crippen molar-refractivity contribution in [2.24, 2.45) is 5.92 Å². The van der Waals surface area contributed by atoms with E-state index in [2.05, 4.69) is 52.7 Å². The monoisotopic (exact) mass is 270 g/mol. The molecule has 20 heavy (non-hydrogen) atoms. The Morgan fingerprint density at radius 1 is 1.30 bits per heavy atom. The van der Waals surface area contributed by atoms with Crippen LogP contribution in [0.25, 0.3) is 0 Å². The number of hydrogen-bond acceptors (Lipinski definition) is 3. The topological polar surface area (TPSA) is 42.7 Å². The van der Waals surface area contributed by atoms with Crippen LogP contribution in [0, 0.1) is 5.92 Å². The van der Waals surface area contributed by atoms with E-state index in [4.69, 9.17) is 0 Å². The zero-order valence-corrected chi connectivity index (χ0v) is 11.9. The fraction of sp³-hybridized carbons (Fsp3) is 0.500. The first-order valence-electron chi connectivity index (χ1n) is 7.46. The zero-order chi connectivity index (χ0) is 13.8. The molecule has 3 rings (SSSR count). The highest BCUT2D eigenvalue weighted by molar-refractivity contribution is 5.19. The molecule has 4 heteroatoms. The van der Waals surface area contributed by atoms with Gasteiger partial charge in [-0.3, -0.25) is 4.68 Å². The van der Waals surface area contributed by atoms with Crippen LogP contribution in [0.1, 0.15) is 37.8 Å². The first-order chi connectivity index (χ1) is 9.83. The van der Waals surface area contributed by atoms with Crippen molar-refractivity contribution in [2.75, 3.05) is 0 Å². The van der Waals surface area contributed by atoms with Crippen molar-refractivity contribution in [3.8, 4) is 0 Å². The summed E-state index contributed by atoms with van der Waals surface area (Å²) >= 11 is 0. The molecule has 1 fully saturated rings. The molecule has 0 saturated heterocycles. The van der Waals surface area contributed by atoms with Crippen molar-refractivity contribution in [3.05, 3.63) is 48.5 Å². The van der Waals surface area contributed by atoms with E-state index in [0.717, 1.165) is 12.5 Å². The van der Waals surface area contributed by atoms with Crippen LogP contribution in [0.5, 0.6) is 0 Å². The molecule has 1 aromatic heterocycles. The lowest BCUT2D eigenvalue weighted by atomic mass is 9.80. The van der Waals surface area contributed by atoms with Crippen LogP contribution >= 0.6 is 0 Å². The maximum absolute atomic E-state index is 4.23. The SMILES string of the molecule is C[C@H](N[C@@H](Cn1cncn1)c1ccccc1)C1CCC1. The standard InChI is InChI=1S/C16H22N4/c1-13(14-8-5-9-14)19-16(10-20-12-17-11-18-20)15-6-3-2-4-7-15/h2-4,6-7,11-14,16,19H,5,8-10H2,1H3/t13-,16-/m0/s1. The molecule has 0 unspecified atom stereocenters. The van der Waals surface area contributed by atoms with Gasteiger partial charge in [-0.2, -0.15) is 5.10 Å². The predicted molar refractivity (Wildman–Crippen MR) is 79.1 cm³/mol. The van der Waals surface area contributed by atoms with Crippen molar-refractivity contribution in [1.82, 2.24) is 20.1 Å². The molecule has 2 atom stereocenters. The van der Waals surface area contributed by atoms with E-state index in [1.165, 1.54) is 24.8 Å². The van der Waals surface area contributed by atoms with Gasteiger partial charge in [-0.05, 0) is 31.2 Å². The van der Waals surface area contributed by atoms with Crippen molar-refractivity contribution < 1.29 is 0 Å². The minimum absolute atomic E-state index is 0.286. The molecule has 2 aromatic rings. The van der Waals surface area contributed by atoms with Crippen LogP contribution in [0.3, 0.4) is 0 Å². The summed E-state index contributed by atoms with van der Waals surface area (Å²) < 4.78 is 1.90. The number of hydrogen-bond donors (Lipinski definition) is 1. The van der Waals surface area contributed by atoms with Gasteiger partial charge in [0.1, 0.15) is 12.7 Å². The molecule has 1 aliphatic carbocycles. The quantitative estimate of drug-likeness (QED) is 0.877. The maximum atomic E-state index is 4.23. The van der Waals surface area contributed by atoms with E-state index in [0.29, 0.717) is 6.04 Å². The Balaban J connectivity index is 1.72. The molecule has 0 amide bonds. The molecular formula is C16H22N4. The average molecular weight is 270 g/mol. The summed E-state index contributed by atoms with van der Waals surface area (Å²) in [6.07, 6.45) is 7.48. The first-order valence-corrected chi connectivity index (χ1v) is 7.46. The third kappa shape index (κ3) is 3.07. The van der Waals surface area contributed by atoms with E-state index >= 15 is 0 Å². The Labute approximate surface area is 120 Å². The Bertz CT molecular complexity index is 505. The summed E-state index contributed by atoms with van der Waals surface area (Å²) in [6.45, 7) is 3.13. The van der Waals surface area contributed by atoms with Gasteiger partial charge in [0.2, 0.25) is 0 Å². The summed E-state index contributed by atoms with van der Waals surface area (Å²) in [4.78, 5) is 4.03. The predicted octanol–water partition coefficient (Wildman–Crippen LogP) is 2.80. The van der Waals surface area contributed by atoms with Crippen LogP contribution in [-0.4, -0.2) is 20.8 Å². The van der Waals surface area contributed by atoms with E-state index in [-0.39, 0.29) is 6.04 Å². The van der Waals surface area contributed by atoms with Gasteiger partial charge < -0.3 is 5.32 Å². The lowest BCUT2D eigenvalue weighted by molar-refractivity contribution is 0.220. The third-order valence-corrected chi connectivity index (χ3v) is 4.36. The van der Waals surface area contributed by atoms with Gasteiger partial charge in [0.15, 0.2) is 0 Å². The number of nitrogens with zero attached hydrogens (tertiary/aromatic N) is 3. The van der Waals surface area contributed by atoms with Gasteiger partial charge in [-0.15, -0.1) is 0 Å². The second kappa shape index (κ2) is 6.18. The van der Waals surface area contributed by atoms with Crippen molar-refractivity contribution >= 4 is 0 Å². The third-order valence-electron chi connectivity index (χ3n) is 4.36. The van der Waals surface area contributed by atoms with Gasteiger partial charge in [0.05, 0.1) is 12.6 Å². The second-order valence-corrected chi connectivity index (χ2v) is 5.73. The number of aromatic nitrogens is 3. The summed E-state index contributed by atoms with van der Waals surface area (Å²) in [5.41, 5.74) is 1.31. The largest absolute Gasteiger partial charge is 0.306 e. The fourth-order valence-electron chi connectivity index (χ4n) is 2.85. The molecule has 0 aliphatic heterocycles. The molecule has 4 nitrogen and oxygen atoms in total. The Hall–Kier alpha value is -1.68. The average Bonchev–Trinajstić information content (AvgIpc) is 2.90. The molecule has 1 N–H and O–H groups in total. The van der Waals surface area contributed by atoms with Crippen LogP contribution in [0.4, 0.5) is 0 Å². The molecule has 1 saturated carbocycles. The van der Waals surface area contributed by atoms with Crippen LogP contribution < -0.4 is 5.32 Å². The molecule has 0 bridgehead atoms. The summed E-state index contributed by atoms with van der Waals surface area (Å²) in [6, 6.07) is 11.5. The van der Waals surface area contributed by atoms with Crippen LogP contribution in [-0.2, 0) is 6.54 Å². The number of nitrogens with one attached hydrogen (secondary N) is 1. The Kier molecular flexibility index (Phi) is 4.11. The highest BCUT2D eigenvalue weighted by Crippen LogP contribution is 2.30. The molecule has 0 radical (unpaired) electrons. The fourth-order valence-corrected chi connectivity index (χ4v) is 2.85. The smallest absolute Gasteiger partial charge is 0.137 e. The van der Waals surface area contributed by atoms with Crippen molar-refractivity contribution in [3.63, 3.8) is 0 Å². The van der Waals surface area contributed by atoms with Gasteiger partial charge >= 0.3 is 0 Å². The molecular weight excluding hydrogens is 248 g/mol. The second-order valence-electron chi connectivity index (χ2n) is 5.73. The van der Waals surface area contributed by atoms with E-state index in [1.54, 1.807) is 12.7 Å². The van der Waals surface area contributed by atoms with Crippen LogP contribution in [0.2, 0.25) is 0 Å². The van der Waals surface area contributed by atoms with E-state index in [9.17, 15) is 0 Å².